The molecule has 1 aliphatic heterocycles. The second-order valence-corrected chi connectivity index (χ2v) is 4.82. The normalized spacial score (nSPS) is 27.8. The molecule has 2 atom stereocenters. The number of ether oxygens (including phenoxy) is 2. The third kappa shape index (κ3) is 3.09. The summed E-state index contributed by atoms with van der Waals surface area (Å²) in [7, 11) is 1.70. The van der Waals surface area contributed by atoms with E-state index in [0.717, 1.165) is 13.0 Å². The molecule has 1 heterocycles. The van der Waals surface area contributed by atoms with Crippen LogP contribution in [0, 0.1) is 0 Å². The number of nitrogens with one attached hydrogen (secondary N) is 1. The number of carbonyl (C=O) groups is 1. The Morgan fingerprint density at radius 2 is 2.11 bits per heavy atom. The third-order valence-corrected chi connectivity index (χ3v) is 3.39. The number of benzene rings is 1. The molecule has 4 heteroatoms. The van der Waals surface area contributed by atoms with Gasteiger partial charge in [-0.05, 0) is 25.5 Å². The monoisotopic (exact) mass is 249 g/mol. The maximum atomic E-state index is 11.9. The summed E-state index contributed by atoms with van der Waals surface area (Å²) in [5, 5.41) is 3.19. The lowest BCUT2D eigenvalue weighted by Crippen LogP contribution is -2.49. The molecule has 1 N–H and O–H groups in total. The first-order valence-electron chi connectivity index (χ1n) is 6.17. The predicted octanol–water partition coefficient (Wildman–Crippen LogP) is 1.96. The lowest BCUT2D eigenvalue weighted by molar-refractivity contribution is -0.0743. The van der Waals surface area contributed by atoms with Crippen LogP contribution >= 0.6 is 0 Å². The maximum Gasteiger partial charge on any atom is 0.339 e. The van der Waals surface area contributed by atoms with E-state index in [1.165, 1.54) is 0 Å². The zero-order valence-electron chi connectivity index (χ0n) is 10.8. The van der Waals surface area contributed by atoms with E-state index in [9.17, 15) is 4.79 Å². The lowest BCUT2D eigenvalue weighted by Gasteiger charge is -2.37. The van der Waals surface area contributed by atoms with Gasteiger partial charge in [0.25, 0.3) is 0 Å². The fourth-order valence-electron chi connectivity index (χ4n) is 2.10. The van der Waals surface area contributed by atoms with Crippen LogP contribution < -0.4 is 5.32 Å². The Hall–Kier alpha value is -1.39. The van der Waals surface area contributed by atoms with Crippen LogP contribution in [0.4, 0.5) is 0 Å². The first kappa shape index (κ1) is 13.1. The molecule has 0 aliphatic carbocycles. The van der Waals surface area contributed by atoms with Gasteiger partial charge in [-0.15, -0.1) is 0 Å². The second kappa shape index (κ2) is 5.50. The van der Waals surface area contributed by atoms with Crippen LogP contribution in [-0.4, -0.2) is 31.5 Å². The van der Waals surface area contributed by atoms with Crippen LogP contribution in [0.1, 0.15) is 30.1 Å². The molecule has 98 valence electrons. The van der Waals surface area contributed by atoms with E-state index >= 15 is 0 Å². The molecule has 2 unspecified atom stereocenters. The van der Waals surface area contributed by atoms with Crippen molar-refractivity contribution in [1.29, 1.82) is 0 Å². The van der Waals surface area contributed by atoms with Crippen LogP contribution in [0.15, 0.2) is 30.3 Å². The fraction of sp³-hybridized carbons (Fsp3) is 0.500. The van der Waals surface area contributed by atoms with E-state index < -0.39 is 0 Å². The standard InChI is InChI=1S/C14H19NO3/c1-14(17-2)8-9-15-12(10-14)18-13(16)11-6-4-3-5-7-11/h3-7,12,15H,8-10H2,1-2H3. The van der Waals surface area contributed by atoms with Gasteiger partial charge in [0.1, 0.15) is 0 Å². The third-order valence-electron chi connectivity index (χ3n) is 3.39. The molecule has 0 bridgehead atoms. The Labute approximate surface area is 107 Å². The van der Waals surface area contributed by atoms with Gasteiger partial charge in [-0.2, -0.15) is 0 Å². The highest BCUT2D eigenvalue weighted by Gasteiger charge is 2.33. The molecule has 1 fully saturated rings. The van der Waals surface area contributed by atoms with Gasteiger partial charge >= 0.3 is 5.97 Å². The van der Waals surface area contributed by atoms with E-state index in [-0.39, 0.29) is 17.8 Å². The minimum atomic E-state index is -0.298. The molecular weight excluding hydrogens is 230 g/mol. The summed E-state index contributed by atoms with van der Waals surface area (Å²) < 4.78 is 10.9. The molecule has 0 spiro atoms. The van der Waals surface area contributed by atoms with Crippen molar-refractivity contribution in [1.82, 2.24) is 5.32 Å². The minimum absolute atomic E-state index is 0.215. The van der Waals surface area contributed by atoms with Crippen molar-refractivity contribution in [2.24, 2.45) is 0 Å². The molecular formula is C14H19NO3. The number of piperidine rings is 1. The average Bonchev–Trinajstić information content (AvgIpc) is 2.40. The Bertz CT molecular complexity index is 407. The molecule has 18 heavy (non-hydrogen) atoms. The smallest absolute Gasteiger partial charge is 0.339 e. The van der Waals surface area contributed by atoms with Crippen molar-refractivity contribution in [2.45, 2.75) is 31.6 Å². The number of rotatable bonds is 3. The highest BCUT2D eigenvalue weighted by molar-refractivity contribution is 5.89. The van der Waals surface area contributed by atoms with Crippen molar-refractivity contribution < 1.29 is 14.3 Å². The maximum absolute atomic E-state index is 11.9. The zero-order valence-corrected chi connectivity index (χ0v) is 10.8. The summed E-state index contributed by atoms with van der Waals surface area (Å²) in [5.41, 5.74) is 0.358. The summed E-state index contributed by atoms with van der Waals surface area (Å²) in [6.45, 7) is 2.83. The van der Waals surface area contributed by atoms with Crippen LogP contribution in [-0.2, 0) is 9.47 Å². The van der Waals surface area contributed by atoms with Gasteiger partial charge in [-0.25, -0.2) is 4.79 Å². The molecule has 1 saturated heterocycles. The van der Waals surface area contributed by atoms with E-state index in [1.54, 1.807) is 19.2 Å². The summed E-state index contributed by atoms with van der Waals surface area (Å²) in [6, 6.07) is 9.02. The van der Waals surface area contributed by atoms with E-state index in [0.29, 0.717) is 12.0 Å². The van der Waals surface area contributed by atoms with Crippen LogP contribution in [0.5, 0.6) is 0 Å². The van der Waals surface area contributed by atoms with Gasteiger partial charge in [0, 0.05) is 20.1 Å². The first-order valence-corrected chi connectivity index (χ1v) is 6.17. The van der Waals surface area contributed by atoms with Gasteiger partial charge in [-0.3, -0.25) is 5.32 Å². The van der Waals surface area contributed by atoms with Gasteiger partial charge in [0.15, 0.2) is 6.23 Å². The molecule has 1 aliphatic rings. The molecule has 1 aromatic rings. The van der Waals surface area contributed by atoms with Gasteiger partial charge in [0.05, 0.1) is 11.2 Å². The summed E-state index contributed by atoms with van der Waals surface area (Å²) >= 11 is 0. The van der Waals surface area contributed by atoms with Crippen molar-refractivity contribution in [2.75, 3.05) is 13.7 Å². The highest BCUT2D eigenvalue weighted by Crippen LogP contribution is 2.25. The number of methoxy groups -OCH3 is 1. The molecule has 0 amide bonds. The van der Waals surface area contributed by atoms with Gasteiger partial charge in [0.2, 0.25) is 0 Å². The van der Waals surface area contributed by atoms with Crippen molar-refractivity contribution in [3.8, 4) is 0 Å². The molecule has 1 aromatic carbocycles. The predicted molar refractivity (Wildman–Crippen MR) is 68.3 cm³/mol. The number of hydrogen-bond donors (Lipinski definition) is 1. The summed E-state index contributed by atoms with van der Waals surface area (Å²) in [5.74, 6) is -0.298. The zero-order chi connectivity index (χ0) is 13.0. The summed E-state index contributed by atoms with van der Waals surface area (Å²) in [6.07, 6.45) is 1.31. The van der Waals surface area contributed by atoms with Crippen molar-refractivity contribution in [3.05, 3.63) is 35.9 Å². The summed E-state index contributed by atoms with van der Waals surface area (Å²) in [4.78, 5) is 11.9. The Morgan fingerprint density at radius 1 is 1.39 bits per heavy atom. The Morgan fingerprint density at radius 3 is 2.78 bits per heavy atom. The molecule has 2 rings (SSSR count). The first-order chi connectivity index (χ1) is 8.63. The number of hydrogen-bond acceptors (Lipinski definition) is 4. The topological polar surface area (TPSA) is 47.6 Å². The Kier molecular flexibility index (Phi) is 3.99. The quantitative estimate of drug-likeness (QED) is 0.832. The van der Waals surface area contributed by atoms with Crippen LogP contribution in [0.3, 0.4) is 0 Å². The van der Waals surface area contributed by atoms with Crippen LogP contribution in [0.25, 0.3) is 0 Å². The highest BCUT2D eigenvalue weighted by atomic mass is 16.6. The second-order valence-electron chi connectivity index (χ2n) is 4.82. The van der Waals surface area contributed by atoms with Crippen molar-refractivity contribution >= 4 is 5.97 Å². The van der Waals surface area contributed by atoms with Crippen molar-refractivity contribution in [3.63, 3.8) is 0 Å². The number of carbonyl (C=O) groups excluding carboxylic acids is 1. The Balaban J connectivity index is 1.96. The van der Waals surface area contributed by atoms with Gasteiger partial charge < -0.3 is 9.47 Å². The molecule has 0 aromatic heterocycles. The number of esters is 1. The molecule has 4 nitrogen and oxygen atoms in total. The molecule has 0 saturated carbocycles. The molecule has 0 radical (unpaired) electrons. The lowest BCUT2D eigenvalue weighted by atomic mass is 9.93. The fourth-order valence-corrected chi connectivity index (χ4v) is 2.10. The van der Waals surface area contributed by atoms with Gasteiger partial charge in [-0.1, -0.05) is 18.2 Å². The minimum Gasteiger partial charge on any atom is -0.443 e. The van der Waals surface area contributed by atoms with E-state index in [4.69, 9.17) is 9.47 Å². The average molecular weight is 249 g/mol. The largest absolute Gasteiger partial charge is 0.443 e. The van der Waals surface area contributed by atoms with E-state index in [1.807, 2.05) is 25.1 Å². The van der Waals surface area contributed by atoms with E-state index in [2.05, 4.69) is 5.32 Å². The van der Waals surface area contributed by atoms with Crippen LogP contribution in [0.2, 0.25) is 0 Å². The SMILES string of the molecule is COC1(C)CCNC(OC(=O)c2ccccc2)C1.